The number of hydrogen-bond acceptors (Lipinski definition) is 1. The van der Waals surface area contributed by atoms with Gasteiger partial charge in [-0.3, -0.25) is 0 Å². The molecule has 1 aliphatic rings. The Bertz CT molecular complexity index is 553. The summed E-state index contributed by atoms with van der Waals surface area (Å²) in [7, 11) is 0. The van der Waals surface area contributed by atoms with Gasteiger partial charge in [-0.05, 0) is 69.0 Å². The number of benzene rings is 2. The molecular formula is C19H21Br2N. The summed E-state index contributed by atoms with van der Waals surface area (Å²) < 4.78 is 1.13. The highest BCUT2D eigenvalue weighted by Gasteiger charge is 2.26. The zero-order chi connectivity index (χ0) is 15.5. The molecule has 0 saturated heterocycles. The average Bonchev–Trinajstić information content (AvgIpc) is 2.53. The molecule has 0 N–H and O–H groups in total. The van der Waals surface area contributed by atoms with Gasteiger partial charge < -0.3 is 4.90 Å². The van der Waals surface area contributed by atoms with Crippen molar-refractivity contribution < 1.29 is 0 Å². The summed E-state index contributed by atoms with van der Waals surface area (Å²) in [6.45, 7) is 2.14. The lowest BCUT2D eigenvalue weighted by atomic mass is 9.93. The lowest BCUT2D eigenvalue weighted by Crippen LogP contribution is -2.34. The molecule has 0 spiro atoms. The van der Waals surface area contributed by atoms with Gasteiger partial charge in [-0.15, -0.1) is 0 Å². The molecule has 1 saturated carbocycles. The van der Waals surface area contributed by atoms with E-state index in [2.05, 4.69) is 92.2 Å². The van der Waals surface area contributed by atoms with Crippen molar-refractivity contribution in [3.8, 4) is 0 Å². The number of hydrogen-bond donors (Lipinski definition) is 0. The molecule has 116 valence electrons. The summed E-state index contributed by atoms with van der Waals surface area (Å²) >= 11 is 7.31. The number of alkyl halides is 1. The minimum Gasteiger partial charge on any atom is -0.338 e. The van der Waals surface area contributed by atoms with Gasteiger partial charge in [-0.1, -0.05) is 49.6 Å². The third-order valence-corrected chi connectivity index (χ3v) is 5.85. The molecular weight excluding hydrogens is 402 g/mol. The Balaban J connectivity index is 1.94. The van der Waals surface area contributed by atoms with E-state index in [4.69, 9.17) is 0 Å². The van der Waals surface area contributed by atoms with Crippen LogP contribution in [0.1, 0.15) is 31.2 Å². The minimum absolute atomic E-state index is 0.581. The van der Waals surface area contributed by atoms with E-state index < -0.39 is 0 Å². The number of rotatable bonds is 3. The summed E-state index contributed by atoms with van der Waals surface area (Å²) in [6.07, 6.45) is 4.98. The second kappa shape index (κ2) is 7.18. The third-order valence-electron chi connectivity index (χ3n) is 4.41. The van der Waals surface area contributed by atoms with Crippen LogP contribution in [0.4, 0.5) is 11.4 Å². The van der Waals surface area contributed by atoms with Gasteiger partial charge in [0.25, 0.3) is 0 Å². The van der Waals surface area contributed by atoms with Crippen molar-refractivity contribution in [2.24, 2.45) is 0 Å². The fraction of sp³-hybridized carbons (Fsp3) is 0.368. The van der Waals surface area contributed by atoms with Crippen LogP contribution in [0.2, 0.25) is 0 Å². The maximum atomic E-state index is 3.77. The van der Waals surface area contributed by atoms with Gasteiger partial charge in [0.2, 0.25) is 0 Å². The van der Waals surface area contributed by atoms with Crippen LogP contribution in [0, 0.1) is 6.92 Å². The fourth-order valence-electron chi connectivity index (χ4n) is 3.17. The van der Waals surface area contributed by atoms with Crippen LogP contribution in [0.5, 0.6) is 0 Å². The Morgan fingerprint density at radius 1 is 0.818 bits per heavy atom. The Hall–Kier alpha value is -0.800. The third kappa shape index (κ3) is 3.75. The van der Waals surface area contributed by atoms with E-state index in [0.29, 0.717) is 10.9 Å². The topological polar surface area (TPSA) is 3.24 Å². The lowest BCUT2D eigenvalue weighted by molar-refractivity contribution is 0.448. The average molecular weight is 423 g/mol. The zero-order valence-electron chi connectivity index (χ0n) is 12.8. The van der Waals surface area contributed by atoms with Gasteiger partial charge in [0.05, 0.1) is 0 Å². The first-order valence-electron chi connectivity index (χ1n) is 7.89. The highest BCUT2D eigenvalue weighted by atomic mass is 79.9. The first-order chi connectivity index (χ1) is 10.6. The van der Waals surface area contributed by atoms with E-state index in [0.717, 1.165) is 4.47 Å². The normalized spacial score (nSPS) is 21.6. The van der Waals surface area contributed by atoms with E-state index in [1.807, 2.05) is 0 Å². The zero-order valence-corrected chi connectivity index (χ0v) is 16.0. The van der Waals surface area contributed by atoms with Gasteiger partial charge in [-0.2, -0.15) is 0 Å². The van der Waals surface area contributed by atoms with Crippen molar-refractivity contribution in [1.29, 1.82) is 0 Å². The molecule has 0 atom stereocenters. The van der Waals surface area contributed by atoms with Gasteiger partial charge >= 0.3 is 0 Å². The Labute approximate surface area is 150 Å². The van der Waals surface area contributed by atoms with Gasteiger partial charge in [0, 0.05) is 26.7 Å². The maximum Gasteiger partial charge on any atom is 0.0414 e. The molecule has 3 rings (SSSR count). The monoisotopic (exact) mass is 421 g/mol. The highest BCUT2D eigenvalue weighted by Crippen LogP contribution is 2.36. The van der Waals surface area contributed by atoms with Crippen LogP contribution in [0.15, 0.2) is 53.0 Å². The van der Waals surface area contributed by atoms with Crippen LogP contribution < -0.4 is 4.90 Å². The molecule has 0 radical (unpaired) electrons. The van der Waals surface area contributed by atoms with Crippen molar-refractivity contribution in [1.82, 2.24) is 0 Å². The Morgan fingerprint density at radius 2 is 1.32 bits per heavy atom. The first kappa shape index (κ1) is 16.1. The largest absolute Gasteiger partial charge is 0.338 e. The summed E-state index contributed by atoms with van der Waals surface area (Å²) in [5.74, 6) is 0. The van der Waals surface area contributed by atoms with E-state index >= 15 is 0 Å². The first-order valence-corrected chi connectivity index (χ1v) is 9.60. The standard InChI is InChI=1S/C19H21Br2N/c1-14-2-8-17(9-3-14)22(18-10-4-15(20)5-11-18)19-12-6-16(21)7-13-19/h2-5,8-11,16,19H,6-7,12-13H2,1H3. The predicted molar refractivity (Wildman–Crippen MR) is 102 cm³/mol. The Morgan fingerprint density at radius 3 is 1.86 bits per heavy atom. The van der Waals surface area contributed by atoms with Crippen molar-refractivity contribution >= 4 is 43.2 Å². The van der Waals surface area contributed by atoms with Crippen molar-refractivity contribution in [3.05, 3.63) is 58.6 Å². The molecule has 0 aromatic heterocycles. The van der Waals surface area contributed by atoms with Gasteiger partial charge in [-0.25, -0.2) is 0 Å². The number of nitrogens with zero attached hydrogens (tertiary/aromatic N) is 1. The van der Waals surface area contributed by atoms with E-state index in [-0.39, 0.29) is 0 Å². The summed E-state index contributed by atoms with van der Waals surface area (Å²) in [5.41, 5.74) is 3.89. The maximum absolute atomic E-state index is 3.77. The number of anilines is 2. The molecule has 1 aliphatic carbocycles. The van der Waals surface area contributed by atoms with E-state index in [9.17, 15) is 0 Å². The molecule has 2 aromatic carbocycles. The molecule has 0 heterocycles. The van der Waals surface area contributed by atoms with Crippen molar-refractivity contribution in [2.75, 3.05) is 4.90 Å². The number of aryl methyl sites for hydroxylation is 1. The molecule has 22 heavy (non-hydrogen) atoms. The van der Waals surface area contributed by atoms with Crippen LogP contribution in [0.3, 0.4) is 0 Å². The molecule has 0 unspecified atom stereocenters. The molecule has 0 bridgehead atoms. The second-order valence-corrected chi connectivity index (χ2v) is 8.30. The van der Waals surface area contributed by atoms with Gasteiger partial charge in [0.15, 0.2) is 0 Å². The molecule has 1 fully saturated rings. The smallest absolute Gasteiger partial charge is 0.0414 e. The lowest BCUT2D eigenvalue weighted by Gasteiger charge is -2.37. The van der Waals surface area contributed by atoms with Crippen LogP contribution >= 0.6 is 31.9 Å². The summed E-state index contributed by atoms with van der Waals surface area (Å²) in [5, 5.41) is 0. The van der Waals surface area contributed by atoms with Crippen molar-refractivity contribution in [2.45, 2.75) is 43.5 Å². The summed E-state index contributed by atoms with van der Waals surface area (Å²) in [6, 6.07) is 18.2. The van der Waals surface area contributed by atoms with Crippen LogP contribution in [0.25, 0.3) is 0 Å². The van der Waals surface area contributed by atoms with E-state index in [1.165, 1.54) is 42.6 Å². The van der Waals surface area contributed by atoms with Crippen LogP contribution in [-0.2, 0) is 0 Å². The molecule has 0 amide bonds. The van der Waals surface area contributed by atoms with E-state index in [1.54, 1.807) is 0 Å². The predicted octanol–water partition coefficient (Wildman–Crippen LogP) is 6.60. The number of halogens is 2. The Kier molecular flexibility index (Phi) is 5.25. The second-order valence-electron chi connectivity index (χ2n) is 6.09. The highest BCUT2D eigenvalue weighted by molar-refractivity contribution is 9.10. The molecule has 0 aliphatic heterocycles. The minimum atomic E-state index is 0.581. The quantitative estimate of drug-likeness (QED) is 0.503. The van der Waals surface area contributed by atoms with Crippen LogP contribution in [-0.4, -0.2) is 10.9 Å². The van der Waals surface area contributed by atoms with Gasteiger partial charge in [0.1, 0.15) is 0 Å². The fourth-order valence-corrected chi connectivity index (χ4v) is 3.96. The summed E-state index contributed by atoms with van der Waals surface area (Å²) in [4.78, 5) is 3.21. The molecule has 3 heteroatoms. The molecule has 2 aromatic rings. The van der Waals surface area contributed by atoms with Crippen molar-refractivity contribution in [3.63, 3.8) is 0 Å². The SMILES string of the molecule is Cc1ccc(N(c2ccc(Br)cc2)C2CCC(Br)CC2)cc1. The molecule has 1 nitrogen and oxygen atoms in total.